The molecule has 1 aromatic rings. The average Bonchev–Trinajstić information content (AvgIpc) is 2.65. The van der Waals surface area contributed by atoms with E-state index in [1.54, 1.807) is 0 Å². The molecule has 0 saturated heterocycles. The molecule has 0 aliphatic carbocycles. The fourth-order valence-electron chi connectivity index (χ4n) is 1.89. The molecule has 0 aromatic heterocycles. The number of sulfone groups is 1. The minimum atomic E-state index is -6.51. The molecule has 0 aliphatic rings. The molecular weight excluding hydrogens is 446 g/mol. The first-order valence-corrected chi connectivity index (χ1v) is 10.1. The van der Waals surface area contributed by atoms with Crippen molar-refractivity contribution in [1.29, 1.82) is 0 Å². The first-order chi connectivity index (χ1) is 13.1. The van der Waals surface area contributed by atoms with Gasteiger partial charge in [0.05, 0.1) is 19.8 Å². The Kier molecular flexibility index (Phi) is 6.60. The van der Waals surface area contributed by atoms with Crippen molar-refractivity contribution < 1.29 is 58.8 Å². The summed E-state index contributed by atoms with van der Waals surface area (Å²) in [6, 6.07) is 2.94. The van der Waals surface area contributed by atoms with Crippen LogP contribution in [0.5, 0.6) is 5.75 Å². The number of benzene rings is 1. The molecule has 11 nitrogen and oxygen atoms in total. The van der Waals surface area contributed by atoms with Gasteiger partial charge in [-0.3, -0.25) is 0 Å². The Bertz CT molecular complexity index is 1010. The van der Waals surface area contributed by atoms with Gasteiger partial charge in [-0.2, -0.15) is 17.2 Å². The number of ether oxygens (including phenoxy) is 2. The summed E-state index contributed by atoms with van der Waals surface area (Å²) in [6.07, 6.45) is 0. The predicted molar refractivity (Wildman–Crippen MR) is 89.3 cm³/mol. The molecule has 0 spiro atoms. The van der Waals surface area contributed by atoms with Crippen molar-refractivity contribution in [2.45, 2.75) is 16.3 Å². The topological polar surface area (TPSA) is 167 Å². The van der Waals surface area contributed by atoms with Crippen LogP contribution in [0.3, 0.4) is 0 Å². The average molecular weight is 460 g/mol. The zero-order valence-electron chi connectivity index (χ0n) is 14.9. The second kappa shape index (κ2) is 7.90. The van der Waals surface area contributed by atoms with E-state index < -0.39 is 52.9 Å². The molecule has 162 valence electrons. The van der Waals surface area contributed by atoms with Crippen LogP contribution in [0.2, 0.25) is 0 Å². The Labute approximate surface area is 163 Å². The zero-order chi connectivity index (χ0) is 22.8. The summed E-state index contributed by atoms with van der Waals surface area (Å²) < 4.78 is 80.4. The van der Waals surface area contributed by atoms with Gasteiger partial charge in [-0.05, 0) is 31.2 Å². The van der Waals surface area contributed by atoms with E-state index in [1.165, 1.54) is 0 Å². The Balaban J connectivity index is 3.50. The van der Waals surface area contributed by atoms with E-state index >= 15 is 0 Å². The highest BCUT2D eigenvalue weighted by molar-refractivity contribution is 8.09. The fourth-order valence-corrected chi connectivity index (χ4v) is 5.11. The highest BCUT2D eigenvalue weighted by Crippen LogP contribution is 2.39. The molecule has 1 N–H and O–H groups in total. The smallest absolute Gasteiger partial charge is 0.478 e. The van der Waals surface area contributed by atoms with Crippen LogP contribution in [0.15, 0.2) is 24.3 Å². The number of rotatable bonds is 8. The van der Waals surface area contributed by atoms with Gasteiger partial charge in [0.2, 0.25) is 0 Å². The van der Waals surface area contributed by atoms with E-state index in [0.29, 0.717) is 26.4 Å². The summed E-state index contributed by atoms with van der Waals surface area (Å²) in [5.41, 5.74) is -0.349. The number of aromatic carboxylic acids is 1. The lowest BCUT2D eigenvalue weighted by Gasteiger charge is -2.27. The Hall–Kier alpha value is -2.81. The van der Waals surface area contributed by atoms with Crippen molar-refractivity contribution in [3.63, 3.8) is 0 Å². The molecule has 1 aromatic carbocycles. The van der Waals surface area contributed by atoms with Gasteiger partial charge in [0.1, 0.15) is 5.75 Å². The van der Waals surface area contributed by atoms with Crippen LogP contribution in [-0.2, 0) is 39.0 Å². The summed E-state index contributed by atoms with van der Waals surface area (Å²) in [6.45, 7) is 0.186. The first kappa shape index (κ1) is 24.2. The molecule has 0 saturated carbocycles. The highest BCUT2D eigenvalue weighted by atomic mass is 32.3. The lowest BCUT2D eigenvalue weighted by atomic mass is 10.2. The maximum Gasteiger partial charge on any atom is 0.483 e. The third-order valence-electron chi connectivity index (χ3n) is 3.60. The van der Waals surface area contributed by atoms with E-state index in [1.807, 2.05) is 0 Å². The summed E-state index contributed by atoms with van der Waals surface area (Å²) in [4.78, 5) is 34.3. The third-order valence-corrected chi connectivity index (χ3v) is 7.90. The summed E-state index contributed by atoms with van der Waals surface area (Å²) >= 11 is 0. The van der Waals surface area contributed by atoms with Gasteiger partial charge < -0.3 is 18.8 Å². The highest BCUT2D eigenvalue weighted by Gasteiger charge is 2.72. The van der Waals surface area contributed by atoms with E-state index in [2.05, 4.69) is 13.7 Å². The molecule has 0 bridgehead atoms. The van der Waals surface area contributed by atoms with Crippen molar-refractivity contribution in [3.8, 4) is 5.75 Å². The Morgan fingerprint density at radius 2 is 1.34 bits per heavy atom. The van der Waals surface area contributed by atoms with E-state index in [-0.39, 0.29) is 12.5 Å². The van der Waals surface area contributed by atoms with Gasteiger partial charge >= 0.3 is 32.6 Å². The van der Waals surface area contributed by atoms with Crippen molar-refractivity contribution in [2.24, 2.45) is 0 Å². The number of carboxylic acid groups (broad SMARTS) is 1. The van der Waals surface area contributed by atoms with Crippen LogP contribution >= 0.6 is 0 Å². The zero-order valence-corrected chi connectivity index (χ0v) is 16.5. The number of methoxy groups -OCH3 is 2. The molecule has 0 atom stereocenters. The van der Waals surface area contributed by atoms with Crippen LogP contribution in [0.25, 0.3) is 0 Å². The minimum Gasteiger partial charge on any atom is -0.478 e. The fraction of sp³-hybridized carbons (Fsp3) is 0.357. The summed E-state index contributed by atoms with van der Waals surface area (Å²) in [5.74, 6) is -6.32. The monoisotopic (exact) mass is 460 g/mol. The molecule has 0 heterocycles. The van der Waals surface area contributed by atoms with Crippen LogP contribution in [-0.4, -0.2) is 63.4 Å². The maximum absolute atomic E-state index is 14.6. The largest absolute Gasteiger partial charge is 0.483 e. The molecule has 1 rings (SSSR count). The number of carbonyl (C=O) groups excluding carboxylic acids is 2. The van der Waals surface area contributed by atoms with Crippen molar-refractivity contribution in [3.05, 3.63) is 29.8 Å². The third kappa shape index (κ3) is 3.87. The van der Waals surface area contributed by atoms with E-state index in [0.717, 1.165) is 12.1 Å². The molecule has 0 amide bonds. The number of hydrogen-bond donors (Lipinski definition) is 1. The number of carbonyl (C=O) groups is 3. The number of hydrogen-bond acceptors (Lipinski definition) is 10. The van der Waals surface area contributed by atoms with Gasteiger partial charge in [0.25, 0.3) is 14.6 Å². The second-order valence-corrected chi connectivity index (χ2v) is 9.53. The molecule has 0 unspecified atom stereocenters. The van der Waals surface area contributed by atoms with Crippen LogP contribution in [0.4, 0.5) is 8.78 Å². The van der Waals surface area contributed by atoms with Gasteiger partial charge in [0, 0.05) is 0 Å². The number of alkyl halides is 2. The quantitative estimate of drug-likeness (QED) is 0.319. The second-order valence-electron chi connectivity index (χ2n) is 5.35. The number of halogens is 2. The minimum absolute atomic E-state index is 0.186. The Morgan fingerprint density at radius 1 is 0.931 bits per heavy atom. The molecule has 0 aliphatic heterocycles. The van der Waals surface area contributed by atoms with Gasteiger partial charge in [-0.15, -0.1) is 0 Å². The summed E-state index contributed by atoms with van der Waals surface area (Å²) in [5, 5.41) is 8.74. The Morgan fingerprint density at radius 3 is 1.69 bits per heavy atom. The van der Waals surface area contributed by atoms with Crippen LogP contribution < -0.4 is 4.18 Å². The SMILES string of the molecule is COC(=O)C(C)(C(=O)OC)S(=O)(=O)C(F)(F)S(=O)(=O)Oc1ccc(C(=O)O)cc1. The lowest BCUT2D eigenvalue weighted by Crippen LogP contribution is -2.59. The molecule has 29 heavy (non-hydrogen) atoms. The van der Waals surface area contributed by atoms with E-state index in [9.17, 15) is 40.0 Å². The van der Waals surface area contributed by atoms with Gasteiger partial charge in [0.15, 0.2) is 0 Å². The summed E-state index contributed by atoms with van der Waals surface area (Å²) in [7, 11) is -11.7. The first-order valence-electron chi connectivity index (χ1n) is 7.16. The lowest BCUT2D eigenvalue weighted by molar-refractivity contribution is -0.155. The number of esters is 2. The number of carboxylic acids is 1. The van der Waals surface area contributed by atoms with Gasteiger partial charge in [-0.1, -0.05) is 0 Å². The predicted octanol–water partition coefficient (Wildman–Crippen LogP) is 0.163. The molecule has 0 fully saturated rings. The maximum atomic E-state index is 14.6. The van der Waals surface area contributed by atoms with E-state index in [4.69, 9.17) is 5.11 Å². The molecular formula is C14H14F2O11S2. The normalized spacial score (nSPS) is 12.7. The standard InChI is InChI=1S/C14H14F2O11S2/c1-13(11(19)25-2,12(20)26-3)28(21,22)14(15,16)29(23,24)27-9-6-4-8(5-7-9)10(17)18/h4-7H,1-3H3,(H,17,18). The van der Waals surface area contributed by atoms with Crippen molar-refractivity contribution in [1.82, 2.24) is 0 Å². The van der Waals surface area contributed by atoms with Crippen LogP contribution in [0.1, 0.15) is 17.3 Å². The molecule has 15 heteroatoms. The van der Waals surface area contributed by atoms with Crippen molar-refractivity contribution >= 4 is 37.9 Å². The van der Waals surface area contributed by atoms with Crippen molar-refractivity contribution in [2.75, 3.05) is 14.2 Å². The molecule has 0 radical (unpaired) electrons. The van der Waals surface area contributed by atoms with Crippen LogP contribution in [0, 0.1) is 0 Å². The van der Waals surface area contributed by atoms with Gasteiger partial charge in [-0.25, -0.2) is 22.8 Å².